The van der Waals surface area contributed by atoms with Crippen molar-refractivity contribution in [3.8, 4) is 0 Å². The molecule has 0 aromatic heterocycles. The van der Waals surface area contributed by atoms with E-state index in [2.05, 4.69) is 25.7 Å². The molecule has 0 aliphatic carbocycles. The van der Waals surface area contributed by atoms with Gasteiger partial charge >= 0.3 is 0 Å². The zero-order valence-electron chi connectivity index (χ0n) is 10.4. The van der Waals surface area contributed by atoms with Crippen LogP contribution in [0, 0.1) is 11.8 Å². The summed E-state index contributed by atoms with van der Waals surface area (Å²) in [5.74, 6) is 0.653. The van der Waals surface area contributed by atoms with Gasteiger partial charge in [-0.3, -0.25) is 0 Å². The molecule has 0 amide bonds. The maximum Gasteiger partial charge on any atom is 0.0468 e. The van der Waals surface area contributed by atoms with Crippen molar-refractivity contribution in [1.29, 1.82) is 0 Å². The number of hydrogen-bond acceptors (Lipinski definition) is 3. The molecule has 92 valence electrons. The maximum absolute atomic E-state index is 9.02. The Morgan fingerprint density at radius 2 is 1.47 bits per heavy atom. The molecule has 0 rings (SSSR count). The molecule has 0 saturated heterocycles. The Balaban J connectivity index is 3.93. The van der Waals surface area contributed by atoms with Crippen molar-refractivity contribution >= 4 is 0 Å². The standard InChI is InChI=1S/C12H27NO2/c1-4-5-6-13(7-11(2)9-14)8-12(3)10-15/h11-12,14-15H,4-10H2,1-3H3. The van der Waals surface area contributed by atoms with Crippen molar-refractivity contribution in [2.75, 3.05) is 32.8 Å². The van der Waals surface area contributed by atoms with Crippen LogP contribution in [0.2, 0.25) is 0 Å². The van der Waals surface area contributed by atoms with Crippen LogP contribution in [0.3, 0.4) is 0 Å². The Morgan fingerprint density at radius 3 is 1.80 bits per heavy atom. The molecule has 0 saturated carbocycles. The molecular formula is C12H27NO2. The summed E-state index contributed by atoms with van der Waals surface area (Å²) in [5.41, 5.74) is 0. The highest BCUT2D eigenvalue weighted by molar-refractivity contribution is 4.65. The molecule has 15 heavy (non-hydrogen) atoms. The van der Waals surface area contributed by atoms with Crippen molar-refractivity contribution in [3.63, 3.8) is 0 Å². The summed E-state index contributed by atoms with van der Waals surface area (Å²) in [4.78, 5) is 2.35. The van der Waals surface area contributed by atoms with Crippen LogP contribution in [-0.2, 0) is 0 Å². The van der Waals surface area contributed by atoms with E-state index in [1.165, 1.54) is 12.8 Å². The first-order valence-electron chi connectivity index (χ1n) is 6.08. The minimum absolute atomic E-state index is 0.246. The molecule has 0 aromatic rings. The Morgan fingerprint density at radius 1 is 1.00 bits per heavy atom. The lowest BCUT2D eigenvalue weighted by Crippen LogP contribution is -2.35. The molecule has 0 radical (unpaired) electrons. The second-order valence-corrected chi connectivity index (χ2v) is 4.69. The van der Waals surface area contributed by atoms with Crippen molar-refractivity contribution in [2.24, 2.45) is 11.8 Å². The first-order chi connectivity index (χ1) is 7.13. The average molecular weight is 217 g/mol. The van der Waals surface area contributed by atoms with Crippen molar-refractivity contribution in [1.82, 2.24) is 4.90 Å². The highest BCUT2D eigenvalue weighted by Gasteiger charge is 2.12. The Labute approximate surface area is 94.1 Å². The molecule has 3 nitrogen and oxygen atoms in total. The quantitative estimate of drug-likeness (QED) is 0.612. The smallest absolute Gasteiger partial charge is 0.0468 e. The molecule has 0 bridgehead atoms. The van der Waals surface area contributed by atoms with E-state index in [4.69, 9.17) is 10.2 Å². The number of rotatable bonds is 9. The van der Waals surface area contributed by atoms with Gasteiger partial charge in [0.2, 0.25) is 0 Å². The van der Waals surface area contributed by atoms with Gasteiger partial charge in [-0.2, -0.15) is 0 Å². The van der Waals surface area contributed by atoms with Crippen LogP contribution in [-0.4, -0.2) is 48.0 Å². The van der Waals surface area contributed by atoms with Crippen LogP contribution in [0.5, 0.6) is 0 Å². The van der Waals surface area contributed by atoms with E-state index >= 15 is 0 Å². The van der Waals surface area contributed by atoms with Gasteiger partial charge in [0, 0.05) is 26.3 Å². The van der Waals surface area contributed by atoms with Gasteiger partial charge in [-0.15, -0.1) is 0 Å². The van der Waals surface area contributed by atoms with Crippen molar-refractivity contribution < 1.29 is 10.2 Å². The highest BCUT2D eigenvalue weighted by atomic mass is 16.3. The fourth-order valence-electron chi connectivity index (χ4n) is 1.64. The molecule has 2 N–H and O–H groups in total. The molecule has 0 aliphatic rings. The molecular weight excluding hydrogens is 190 g/mol. The lowest BCUT2D eigenvalue weighted by Gasteiger charge is -2.27. The third-order valence-corrected chi connectivity index (χ3v) is 2.59. The Hall–Kier alpha value is -0.120. The molecule has 0 fully saturated rings. The van der Waals surface area contributed by atoms with E-state index in [1.807, 2.05) is 0 Å². The predicted octanol–water partition coefficient (Wildman–Crippen LogP) is 1.35. The normalized spacial score (nSPS) is 15.6. The van der Waals surface area contributed by atoms with E-state index in [0.717, 1.165) is 19.6 Å². The Kier molecular flexibility index (Phi) is 9.06. The first-order valence-corrected chi connectivity index (χ1v) is 6.08. The van der Waals surface area contributed by atoms with E-state index in [9.17, 15) is 0 Å². The first kappa shape index (κ1) is 14.9. The second kappa shape index (κ2) is 9.13. The van der Waals surface area contributed by atoms with Crippen LogP contribution in [0.4, 0.5) is 0 Å². The molecule has 2 unspecified atom stereocenters. The van der Waals surface area contributed by atoms with Gasteiger partial charge in [-0.25, -0.2) is 0 Å². The van der Waals surface area contributed by atoms with Crippen LogP contribution < -0.4 is 0 Å². The van der Waals surface area contributed by atoms with Gasteiger partial charge in [0.1, 0.15) is 0 Å². The fraction of sp³-hybridized carbons (Fsp3) is 1.00. The van der Waals surface area contributed by atoms with Gasteiger partial charge in [0.25, 0.3) is 0 Å². The zero-order valence-corrected chi connectivity index (χ0v) is 10.4. The topological polar surface area (TPSA) is 43.7 Å². The minimum Gasteiger partial charge on any atom is -0.396 e. The molecule has 2 atom stereocenters. The van der Waals surface area contributed by atoms with E-state index < -0.39 is 0 Å². The largest absolute Gasteiger partial charge is 0.396 e. The molecule has 0 aromatic carbocycles. The van der Waals surface area contributed by atoms with Crippen LogP contribution >= 0.6 is 0 Å². The van der Waals surface area contributed by atoms with Crippen LogP contribution in [0.25, 0.3) is 0 Å². The molecule has 0 spiro atoms. The summed E-state index contributed by atoms with van der Waals surface area (Å²) >= 11 is 0. The highest BCUT2D eigenvalue weighted by Crippen LogP contribution is 2.05. The lowest BCUT2D eigenvalue weighted by atomic mass is 10.1. The summed E-state index contributed by atoms with van der Waals surface area (Å²) in [6.45, 7) is 9.73. The SMILES string of the molecule is CCCCN(CC(C)CO)CC(C)CO. The monoisotopic (exact) mass is 217 g/mol. The number of aliphatic hydroxyl groups is 2. The number of hydrogen-bond donors (Lipinski definition) is 2. The average Bonchev–Trinajstić information content (AvgIpc) is 2.25. The fourth-order valence-corrected chi connectivity index (χ4v) is 1.64. The zero-order chi connectivity index (χ0) is 11.7. The number of nitrogens with zero attached hydrogens (tertiary/aromatic N) is 1. The summed E-state index contributed by atoms with van der Waals surface area (Å²) in [6.07, 6.45) is 2.38. The number of aliphatic hydroxyl groups excluding tert-OH is 2. The van der Waals surface area contributed by atoms with Crippen LogP contribution in [0.15, 0.2) is 0 Å². The lowest BCUT2D eigenvalue weighted by molar-refractivity contribution is 0.136. The van der Waals surface area contributed by atoms with E-state index in [0.29, 0.717) is 11.8 Å². The minimum atomic E-state index is 0.246. The molecule has 0 aliphatic heterocycles. The Bertz CT molecular complexity index is 130. The third-order valence-electron chi connectivity index (χ3n) is 2.59. The van der Waals surface area contributed by atoms with Gasteiger partial charge in [0.05, 0.1) is 0 Å². The molecule has 3 heteroatoms. The summed E-state index contributed by atoms with van der Waals surface area (Å²) in [7, 11) is 0. The van der Waals surface area contributed by atoms with Crippen molar-refractivity contribution in [3.05, 3.63) is 0 Å². The van der Waals surface area contributed by atoms with Gasteiger partial charge in [-0.1, -0.05) is 27.2 Å². The maximum atomic E-state index is 9.02. The molecule has 0 heterocycles. The van der Waals surface area contributed by atoms with Gasteiger partial charge in [-0.05, 0) is 24.8 Å². The summed E-state index contributed by atoms with van der Waals surface area (Å²) in [5, 5.41) is 18.0. The van der Waals surface area contributed by atoms with E-state index in [1.54, 1.807) is 0 Å². The van der Waals surface area contributed by atoms with Crippen molar-refractivity contribution in [2.45, 2.75) is 33.6 Å². The third kappa shape index (κ3) is 7.77. The van der Waals surface area contributed by atoms with Gasteiger partial charge in [0.15, 0.2) is 0 Å². The van der Waals surface area contributed by atoms with E-state index in [-0.39, 0.29) is 13.2 Å². The van der Waals surface area contributed by atoms with Gasteiger partial charge < -0.3 is 15.1 Å². The predicted molar refractivity (Wildman–Crippen MR) is 63.8 cm³/mol. The van der Waals surface area contributed by atoms with Crippen LogP contribution in [0.1, 0.15) is 33.6 Å². The second-order valence-electron chi connectivity index (χ2n) is 4.69. The number of unbranched alkanes of at least 4 members (excludes halogenated alkanes) is 1. The summed E-state index contributed by atoms with van der Waals surface area (Å²) < 4.78 is 0. The summed E-state index contributed by atoms with van der Waals surface area (Å²) in [6, 6.07) is 0.